The molecule has 30 heavy (non-hydrogen) atoms. The Morgan fingerprint density at radius 3 is 2.53 bits per heavy atom. The summed E-state index contributed by atoms with van der Waals surface area (Å²) in [5.41, 5.74) is 3.93. The number of fused-ring (bicyclic) bond motifs is 3. The van der Waals surface area contributed by atoms with Gasteiger partial charge in [-0.25, -0.2) is 18.1 Å². The van der Waals surface area contributed by atoms with E-state index < -0.39 is 17.0 Å². The van der Waals surface area contributed by atoms with Gasteiger partial charge in [-0.1, -0.05) is 0 Å². The van der Waals surface area contributed by atoms with Crippen LogP contribution >= 0.6 is 0 Å². The van der Waals surface area contributed by atoms with E-state index in [1.807, 2.05) is 7.05 Å². The van der Waals surface area contributed by atoms with Gasteiger partial charge in [0.1, 0.15) is 17.3 Å². The first kappa shape index (κ1) is 19.5. The monoisotopic (exact) mass is 433 g/mol. The Balaban J connectivity index is 1.35. The van der Waals surface area contributed by atoms with E-state index in [1.54, 1.807) is 4.68 Å². The van der Waals surface area contributed by atoms with E-state index in [9.17, 15) is 13.4 Å². The first-order valence-corrected chi connectivity index (χ1v) is 11.4. The summed E-state index contributed by atoms with van der Waals surface area (Å²) in [4.78, 5) is 13.0. The van der Waals surface area contributed by atoms with Crippen molar-refractivity contribution >= 4 is 22.7 Å². The van der Waals surface area contributed by atoms with Crippen LogP contribution < -0.4 is 20.1 Å². The van der Waals surface area contributed by atoms with E-state index in [0.717, 1.165) is 47.9 Å². The molecule has 3 aliphatic rings. The molecular formula is C20H24FN5O3S. The van der Waals surface area contributed by atoms with Gasteiger partial charge in [0.2, 0.25) is 5.88 Å². The normalized spacial score (nSPS) is 20.1. The van der Waals surface area contributed by atoms with Crippen molar-refractivity contribution in [1.29, 1.82) is 0 Å². The van der Waals surface area contributed by atoms with Gasteiger partial charge in [0, 0.05) is 5.69 Å². The predicted octanol–water partition coefficient (Wildman–Crippen LogP) is 1.82. The summed E-state index contributed by atoms with van der Waals surface area (Å²) in [7, 11) is 0.0192. The molecule has 2 aromatic rings. The summed E-state index contributed by atoms with van der Waals surface area (Å²) in [5.74, 6) is 0.316. The molecule has 1 aliphatic heterocycles. The average molecular weight is 434 g/mol. The maximum atomic E-state index is 14.8. The summed E-state index contributed by atoms with van der Waals surface area (Å²) < 4.78 is 37.4. The van der Waals surface area contributed by atoms with Crippen LogP contribution in [0.4, 0.5) is 14.9 Å². The summed E-state index contributed by atoms with van der Waals surface area (Å²) in [6, 6.07) is -0.454. The van der Waals surface area contributed by atoms with Crippen LogP contribution in [0.25, 0.3) is 0 Å². The largest absolute Gasteiger partial charge is 0.475 e. The summed E-state index contributed by atoms with van der Waals surface area (Å²) >= 11 is 0. The van der Waals surface area contributed by atoms with Gasteiger partial charge < -0.3 is 15.4 Å². The van der Waals surface area contributed by atoms with Crippen LogP contribution in [0.5, 0.6) is 5.88 Å². The fraction of sp³-hybridized carbons (Fsp3) is 0.500. The zero-order valence-electron chi connectivity index (χ0n) is 16.7. The number of amides is 2. The van der Waals surface area contributed by atoms with E-state index in [-0.39, 0.29) is 11.9 Å². The zero-order chi connectivity index (χ0) is 20.8. The molecule has 0 bridgehead atoms. The van der Waals surface area contributed by atoms with Gasteiger partial charge in [0.05, 0.1) is 18.8 Å². The van der Waals surface area contributed by atoms with Crippen LogP contribution in [0.15, 0.2) is 11.1 Å². The molecule has 5 rings (SSSR count). The SMILES string of the molecule is CN[C@@H]1COc2c([S@](=O)NC(=O)Nc3c4c(c(F)c5c3CCC5)CCC4)cnn2C1. The third-order valence-corrected chi connectivity index (χ3v) is 7.23. The maximum Gasteiger partial charge on any atom is 0.331 e. The molecule has 0 saturated heterocycles. The van der Waals surface area contributed by atoms with Crippen molar-refractivity contribution in [2.75, 3.05) is 19.0 Å². The lowest BCUT2D eigenvalue weighted by atomic mass is 9.98. The number of nitrogens with one attached hydrogen (secondary N) is 3. The molecule has 0 radical (unpaired) electrons. The lowest BCUT2D eigenvalue weighted by Crippen LogP contribution is -2.40. The van der Waals surface area contributed by atoms with Crippen LogP contribution in [0.3, 0.4) is 0 Å². The number of hydrogen-bond acceptors (Lipinski definition) is 5. The molecule has 10 heteroatoms. The van der Waals surface area contributed by atoms with Gasteiger partial charge in [-0.2, -0.15) is 5.10 Å². The Morgan fingerprint density at radius 2 is 1.87 bits per heavy atom. The fourth-order valence-electron chi connectivity index (χ4n) is 4.69. The second-order valence-corrected chi connectivity index (χ2v) is 9.11. The van der Waals surface area contributed by atoms with E-state index in [0.29, 0.717) is 42.5 Å². The Labute approximate surface area is 176 Å². The molecule has 8 nitrogen and oxygen atoms in total. The summed E-state index contributed by atoms with van der Waals surface area (Å²) in [6.07, 6.45) is 6.10. The summed E-state index contributed by atoms with van der Waals surface area (Å²) in [5, 5.41) is 10.2. The number of carbonyl (C=O) groups excluding carboxylic acids is 1. The van der Waals surface area contributed by atoms with Crippen molar-refractivity contribution in [3.63, 3.8) is 0 Å². The first-order valence-electron chi connectivity index (χ1n) is 10.3. The van der Waals surface area contributed by atoms with Gasteiger partial charge in [-0.05, 0) is 67.8 Å². The molecule has 160 valence electrons. The molecule has 2 amide bonds. The number of halogens is 1. The Kier molecular flexibility index (Phi) is 4.98. The Hall–Kier alpha value is -2.46. The number of hydrogen-bond donors (Lipinski definition) is 3. The standard InChI is InChI=1S/C20H24FN5O3S/c1-22-11-9-26-19(29-10-11)16(8-23-26)30(28)25-20(27)24-18-14-6-2-4-12(14)17(21)13-5-3-7-15(13)18/h8,11,22H,2-7,9-10H2,1H3,(H2,24,25,27)/t11-,30-/m0/s1. The average Bonchev–Trinajstić information content (AvgIpc) is 3.49. The molecule has 1 aromatic heterocycles. The molecule has 2 aliphatic carbocycles. The highest BCUT2D eigenvalue weighted by molar-refractivity contribution is 7.83. The van der Waals surface area contributed by atoms with Crippen LogP contribution in [0, 0.1) is 5.82 Å². The minimum absolute atomic E-state index is 0.0898. The maximum absolute atomic E-state index is 14.8. The number of carbonyl (C=O) groups is 1. The molecule has 2 heterocycles. The number of nitrogens with zero attached hydrogens (tertiary/aromatic N) is 2. The van der Waals surface area contributed by atoms with Gasteiger partial charge in [0.25, 0.3) is 0 Å². The predicted molar refractivity (Wildman–Crippen MR) is 110 cm³/mol. The van der Waals surface area contributed by atoms with Crippen molar-refractivity contribution in [2.24, 2.45) is 0 Å². The lowest BCUT2D eigenvalue weighted by Gasteiger charge is -2.24. The first-order chi connectivity index (χ1) is 14.6. The number of anilines is 1. The minimum atomic E-state index is -1.82. The quantitative estimate of drug-likeness (QED) is 0.684. The number of benzene rings is 1. The zero-order valence-corrected chi connectivity index (χ0v) is 17.5. The number of likely N-dealkylation sites (N-methyl/N-ethyl adjacent to an activating group) is 1. The Morgan fingerprint density at radius 1 is 1.20 bits per heavy atom. The van der Waals surface area contributed by atoms with Crippen molar-refractivity contribution in [3.05, 3.63) is 34.3 Å². The van der Waals surface area contributed by atoms with E-state index in [4.69, 9.17) is 4.74 Å². The molecule has 0 spiro atoms. The van der Waals surface area contributed by atoms with Crippen LogP contribution in [-0.4, -0.2) is 39.7 Å². The van der Waals surface area contributed by atoms with Crippen molar-refractivity contribution in [3.8, 4) is 5.88 Å². The second kappa shape index (κ2) is 7.66. The topological polar surface area (TPSA) is 97.3 Å². The highest BCUT2D eigenvalue weighted by Gasteiger charge is 2.30. The summed E-state index contributed by atoms with van der Waals surface area (Å²) in [6.45, 7) is 1.04. The molecule has 3 N–H and O–H groups in total. The van der Waals surface area contributed by atoms with E-state index in [1.165, 1.54) is 6.20 Å². The van der Waals surface area contributed by atoms with E-state index in [2.05, 4.69) is 20.5 Å². The Bertz CT molecular complexity index is 1020. The van der Waals surface area contributed by atoms with Crippen LogP contribution in [0.2, 0.25) is 0 Å². The van der Waals surface area contributed by atoms with Gasteiger partial charge >= 0.3 is 6.03 Å². The molecule has 0 unspecified atom stereocenters. The second-order valence-electron chi connectivity index (χ2n) is 7.93. The number of urea groups is 1. The highest BCUT2D eigenvalue weighted by atomic mass is 32.2. The highest BCUT2D eigenvalue weighted by Crippen LogP contribution is 2.41. The number of ether oxygens (including phenoxy) is 1. The number of rotatable bonds is 4. The molecular weight excluding hydrogens is 409 g/mol. The third-order valence-electron chi connectivity index (χ3n) is 6.18. The molecule has 0 fully saturated rings. The fourth-order valence-corrected chi connectivity index (χ4v) is 5.49. The van der Waals surface area contributed by atoms with Crippen LogP contribution in [0.1, 0.15) is 35.1 Å². The van der Waals surface area contributed by atoms with Crippen LogP contribution in [-0.2, 0) is 43.2 Å². The number of aromatic nitrogens is 2. The van der Waals surface area contributed by atoms with Gasteiger partial charge in [0.15, 0.2) is 11.0 Å². The van der Waals surface area contributed by atoms with Crippen molar-refractivity contribution in [1.82, 2.24) is 19.8 Å². The van der Waals surface area contributed by atoms with Gasteiger partial charge in [-0.15, -0.1) is 0 Å². The van der Waals surface area contributed by atoms with Crippen molar-refractivity contribution in [2.45, 2.75) is 56.0 Å². The van der Waals surface area contributed by atoms with E-state index >= 15 is 0 Å². The lowest BCUT2D eigenvalue weighted by molar-refractivity contribution is 0.184. The molecule has 1 aromatic carbocycles. The molecule has 0 saturated carbocycles. The van der Waals surface area contributed by atoms with Crippen molar-refractivity contribution < 1.29 is 18.1 Å². The third kappa shape index (κ3) is 3.18. The smallest absolute Gasteiger partial charge is 0.331 e. The minimum Gasteiger partial charge on any atom is -0.475 e. The molecule has 2 atom stereocenters. The van der Waals surface area contributed by atoms with Gasteiger partial charge in [-0.3, -0.25) is 4.72 Å².